The lowest BCUT2D eigenvalue weighted by molar-refractivity contribution is 0.195. The van der Waals surface area contributed by atoms with E-state index in [1.54, 1.807) is 0 Å². The van der Waals surface area contributed by atoms with E-state index >= 15 is 0 Å². The predicted octanol–water partition coefficient (Wildman–Crippen LogP) is 1.17. The number of aliphatic hydroxyl groups excluding tert-OH is 1. The first-order valence-corrected chi connectivity index (χ1v) is 7.79. The molecule has 21 heavy (non-hydrogen) atoms. The maximum absolute atomic E-state index is 9.05. The molecule has 0 spiro atoms. The fourth-order valence-corrected chi connectivity index (χ4v) is 2.81. The molecule has 5 heteroatoms. The Kier molecular flexibility index (Phi) is 6.29. The van der Waals surface area contributed by atoms with E-state index < -0.39 is 0 Å². The van der Waals surface area contributed by atoms with Gasteiger partial charge in [-0.05, 0) is 44.6 Å². The molecule has 0 unspecified atom stereocenters. The molecule has 0 amide bonds. The highest BCUT2D eigenvalue weighted by molar-refractivity contribution is 5.47. The van der Waals surface area contributed by atoms with Gasteiger partial charge in [0.1, 0.15) is 5.75 Å². The van der Waals surface area contributed by atoms with Crippen LogP contribution < -0.4 is 10.5 Å². The summed E-state index contributed by atoms with van der Waals surface area (Å²) in [5.74, 6) is 0.933. The number of anilines is 1. The molecule has 1 aliphatic heterocycles. The summed E-state index contributed by atoms with van der Waals surface area (Å²) in [7, 11) is 0. The number of hydrogen-bond acceptors (Lipinski definition) is 5. The Morgan fingerprint density at radius 2 is 1.95 bits per heavy atom. The smallest absolute Gasteiger partial charge is 0.123 e. The Labute approximate surface area is 127 Å². The lowest BCUT2D eigenvalue weighted by atomic mass is 10.1. The first-order valence-electron chi connectivity index (χ1n) is 7.79. The van der Waals surface area contributed by atoms with Crippen LogP contribution in [0.15, 0.2) is 18.2 Å². The van der Waals surface area contributed by atoms with Gasteiger partial charge in [-0.15, -0.1) is 0 Å². The van der Waals surface area contributed by atoms with Crippen molar-refractivity contribution in [2.45, 2.75) is 19.9 Å². The number of rotatable bonds is 6. The van der Waals surface area contributed by atoms with Crippen molar-refractivity contribution in [3.63, 3.8) is 0 Å². The van der Waals surface area contributed by atoms with E-state index in [-0.39, 0.29) is 6.61 Å². The second kappa shape index (κ2) is 8.22. The number of nitrogen functional groups attached to an aromatic ring is 1. The number of nitrogens with zero attached hydrogens (tertiary/aromatic N) is 2. The average molecular weight is 293 g/mol. The Bertz CT molecular complexity index is 440. The summed E-state index contributed by atoms with van der Waals surface area (Å²) >= 11 is 0. The zero-order valence-corrected chi connectivity index (χ0v) is 12.9. The molecule has 3 N–H and O–H groups in total. The first-order chi connectivity index (χ1) is 10.2. The van der Waals surface area contributed by atoms with Gasteiger partial charge in [-0.3, -0.25) is 9.80 Å². The lowest BCUT2D eigenvalue weighted by Crippen LogP contribution is -2.32. The molecule has 1 aromatic rings. The largest absolute Gasteiger partial charge is 0.494 e. The monoisotopic (exact) mass is 293 g/mol. The molecular formula is C16H27N3O2. The van der Waals surface area contributed by atoms with Gasteiger partial charge in [0.25, 0.3) is 0 Å². The maximum atomic E-state index is 9.05. The summed E-state index contributed by atoms with van der Waals surface area (Å²) in [4.78, 5) is 4.76. The minimum atomic E-state index is 0.240. The van der Waals surface area contributed by atoms with Crippen LogP contribution in [0.3, 0.4) is 0 Å². The lowest BCUT2D eigenvalue weighted by Gasteiger charge is -2.22. The van der Waals surface area contributed by atoms with Crippen LogP contribution in [-0.4, -0.2) is 60.8 Å². The number of hydrogen-bond donors (Lipinski definition) is 2. The van der Waals surface area contributed by atoms with Crippen LogP contribution in [0.1, 0.15) is 18.9 Å². The summed E-state index contributed by atoms with van der Waals surface area (Å²) in [6, 6.07) is 5.87. The molecule has 1 heterocycles. The fraction of sp³-hybridized carbons (Fsp3) is 0.625. The van der Waals surface area contributed by atoms with Crippen LogP contribution >= 0.6 is 0 Å². The molecule has 0 atom stereocenters. The van der Waals surface area contributed by atoms with E-state index in [1.165, 1.54) is 0 Å². The second-order valence-electron chi connectivity index (χ2n) is 5.50. The first kappa shape index (κ1) is 16.1. The standard InChI is InChI=1S/C16H27N3O2/c1-2-21-16-5-4-15(17)12-14(16)13-19-7-3-6-18(8-9-19)10-11-20/h4-5,12,20H,2-3,6-11,13,17H2,1H3. The second-order valence-corrected chi connectivity index (χ2v) is 5.50. The van der Waals surface area contributed by atoms with Gasteiger partial charge in [0.05, 0.1) is 13.2 Å². The highest BCUT2D eigenvalue weighted by Gasteiger charge is 2.16. The molecule has 5 nitrogen and oxygen atoms in total. The summed E-state index contributed by atoms with van der Waals surface area (Å²) in [5, 5.41) is 9.05. The van der Waals surface area contributed by atoms with Crippen molar-refractivity contribution >= 4 is 5.69 Å². The van der Waals surface area contributed by atoms with Gasteiger partial charge >= 0.3 is 0 Å². The minimum absolute atomic E-state index is 0.240. The summed E-state index contributed by atoms with van der Waals surface area (Å²) < 4.78 is 5.70. The van der Waals surface area contributed by atoms with E-state index in [4.69, 9.17) is 15.6 Å². The molecule has 0 saturated carbocycles. The number of aliphatic hydroxyl groups is 1. The topological polar surface area (TPSA) is 62.0 Å². The minimum Gasteiger partial charge on any atom is -0.494 e. The molecule has 118 valence electrons. The summed E-state index contributed by atoms with van der Waals surface area (Å²) in [6.45, 7) is 8.70. The molecular weight excluding hydrogens is 266 g/mol. The van der Waals surface area contributed by atoms with Crippen molar-refractivity contribution in [3.8, 4) is 5.75 Å². The van der Waals surface area contributed by atoms with Crippen LogP contribution in [0.4, 0.5) is 5.69 Å². The SMILES string of the molecule is CCOc1ccc(N)cc1CN1CCCN(CCO)CC1. The molecule has 0 radical (unpaired) electrons. The van der Waals surface area contributed by atoms with Crippen LogP contribution in [0.5, 0.6) is 5.75 Å². The predicted molar refractivity (Wildman–Crippen MR) is 85.4 cm³/mol. The summed E-state index contributed by atoms with van der Waals surface area (Å²) in [5.41, 5.74) is 7.85. The fourth-order valence-electron chi connectivity index (χ4n) is 2.81. The van der Waals surface area contributed by atoms with Crippen molar-refractivity contribution < 1.29 is 9.84 Å². The van der Waals surface area contributed by atoms with E-state index in [0.29, 0.717) is 6.61 Å². The molecule has 1 aromatic carbocycles. The van der Waals surface area contributed by atoms with Crippen LogP contribution in [0.2, 0.25) is 0 Å². The average Bonchev–Trinajstić information content (AvgIpc) is 2.68. The number of benzene rings is 1. The Morgan fingerprint density at radius 3 is 2.71 bits per heavy atom. The van der Waals surface area contributed by atoms with Gasteiger partial charge in [-0.25, -0.2) is 0 Å². The molecule has 1 saturated heterocycles. The van der Waals surface area contributed by atoms with E-state index in [9.17, 15) is 0 Å². The molecule has 2 rings (SSSR count). The van der Waals surface area contributed by atoms with Gasteiger partial charge < -0.3 is 15.6 Å². The van der Waals surface area contributed by atoms with E-state index in [1.807, 2.05) is 25.1 Å². The van der Waals surface area contributed by atoms with Gasteiger partial charge in [0.15, 0.2) is 0 Å². The normalized spacial score (nSPS) is 17.6. The van der Waals surface area contributed by atoms with Crippen molar-refractivity contribution in [2.24, 2.45) is 0 Å². The quantitative estimate of drug-likeness (QED) is 0.771. The molecule has 0 aromatic heterocycles. The van der Waals surface area contributed by atoms with Gasteiger partial charge in [0, 0.05) is 37.4 Å². The maximum Gasteiger partial charge on any atom is 0.123 e. The van der Waals surface area contributed by atoms with Crippen molar-refractivity contribution in [1.82, 2.24) is 9.80 Å². The third-order valence-corrected chi connectivity index (χ3v) is 3.88. The Balaban J connectivity index is 1.99. The number of nitrogens with two attached hydrogens (primary N) is 1. The summed E-state index contributed by atoms with van der Waals surface area (Å²) in [6.07, 6.45) is 1.13. The highest BCUT2D eigenvalue weighted by atomic mass is 16.5. The third kappa shape index (κ3) is 4.88. The Hall–Kier alpha value is -1.30. The van der Waals surface area contributed by atoms with Gasteiger partial charge in [0.2, 0.25) is 0 Å². The number of β-amino-alcohol motifs (C(OH)–C–C–N with tert-alkyl or cyclic N) is 1. The zero-order valence-electron chi connectivity index (χ0n) is 12.9. The van der Waals surface area contributed by atoms with Gasteiger partial charge in [-0.2, -0.15) is 0 Å². The highest BCUT2D eigenvalue weighted by Crippen LogP contribution is 2.23. The van der Waals surface area contributed by atoms with Crippen LogP contribution in [0, 0.1) is 0 Å². The van der Waals surface area contributed by atoms with Crippen molar-refractivity contribution in [2.75, 3.05) is 51.7 Å². The number of ether oxygens (including phenoxy) is 1. The van der Waals surface area contributed by atoms with Crippen molar-refractivity contribution in [3.05, 3.63) is 23.8 Å². The van der Waals surface area contributed by atoms with E-state index in [0.717, 1.165) is 62.7 Å². The zero-order chi connectivity index (χ0) is 15.1. The molecule has 1 aliphatic rings. The van der Waals surface area contributed by atoms with Crippen LogP contribution in [-0.2, 0) is 6.54 Å². The van der Waals surface area contributed by atoms with Gasteiger partial charge in [-0.1, -0.05) is 0 Å². The molecule has 0 aliphatic carbocycles. The van der Waals surface area contributed by atoms with E-state index in [2.05, 4.69) is 9.80 Å². The molecule has 1 fully saturated rings. The molecule has 0 bridgehead atoms. The Morgan fingerprint density at radius 1 is 1.19 bits per heavy atom. The van der Waals surface area contributed by atoms with Crippen molar-refractivity contribution in [1.29, 1.82) is 0 Å². The van der Waals surface area contributed by atoms with Crippen LogP contribution in [0.25, 0.3) is 0 Å². The third-order valence-electron chi connectivity index (χ3n) is 3.88.